The Morgan fingerprint density at radius 1 is 1.03 bits per heavy atom. The predicted octanol–water partition coefficient (Wildman–Crippen LogP) is 3.13. The minimum atomic E-state index is -1.05. The molecule has 1 heterocycles. The molecule has 1 aliphatic heterocycles. The molecule has 0 saturated carbocycles. The van der Waals surface area contributed by atoms with Gasteiger partial charge in [0.1, 0.15) is 23.7 Å². The third kappa shape index (κ3) is 5.40. The summed E-state index contributed by atoms with van der Waals surface area (Å²) in [6, 6.07) is 19.9. The van der Waals surface area contributed by atoms with E-state index < -0.39 is 41.7 Å². The van der Waals surface area contributed by atoms with E-state index in [0.717, 1.165) is 0 Å². The van der Waals surface area contributed by atoms with E-state index in [2.05, 4.69) is 16.0 Å². The molecule has 3 aromatic carbocycles. The Bertz CT molecular complexity index is 1200. The van der Waals surface area contributed by atoms with Crippen molar-refractivity contribution in [3.63, 3.8) is 0 Å². The lowest BCUT2D eigenvalue weighted by Crippen LogP contribution is -2.54. The molecular weight excluding hydrogens is 437 g/mol. The van der Waals surface area contributed by atoms with Crippen LogP contribution in [0.3, 0.4) is 0 Å². The average molecular weight is 461 g/mol. The molecule has 7 nitrogen and oxygen atoms in total. The van der Waals surface area contributed by atoms with E-state index in [4.69, 9.17) is 4.74 Å². The van der Waals surface area contributed by atoms with Gasteiger partial charge in [-0.05, 0) is 42.3 Å². The highest BCUT2D eigenvalue weighted by atomic mass is 19.1. The van der Waals surface area contributed by atoms with Gasteiger partial charge in [-0.1, -0.05) is 54.6 Å². The van der Waals surface area contributed by atoms with Crippen LogP contribution in [0.2, 0.25) is 0 Å². The summed E-state index contributed by atoms with van der Waals surface area (Å²) in [6.45, 7) is 1.51. The molecule has 8 heteroatoms. The number of anilines is 1. The summed E-state index contributed by atoms with van der Waals surface area (Å²) in [6.07, 6.45) is -0.867. The highest BCUT2D eigenvalue weighted by Gasteiger charge is 2.37. The van der Waals surface area contributed by atoms with Crippen molar-refractivity contribution in [2.45, 2.75) is 31.5 Å². The molecule has 1 aliphatic rings. The molecule has 3 atom stereocenters. The second-order valence-corrected chi connectivity index (χ2v) is 8.02. The summed E-state index contributed by atoms with van der Waals surface area (Å²) in [5, 5.41) is 8.11. The molecule has 174 valence electrons. The van der Waals surface area contributed by atoms with E-state index in [9.17, 15) is 18.8 Å². The molecule has 2 unspecified atom stereocenters. The van der Waals surface area contributed by atoms with Gasteiger partial charge in [0.25, 0.3) is 5.91 Å². The summed E-state index contributed by atoms with van der Waals surface area (Å²) in [5.74, 6) is -1.39. The third-order valence-corrected chi connectivity index (χ3v) is 5.43. The Morgan fingerprint density at radius 2 is 1.76 bits per heavy atom. The smallest absolute Gasteiger partial charge is 0.251 e. The number of hydrogen-bond acceptors (Lipinski definition) is 4. The van der Waals surface area contributed by atoms with Crippen molar-refractivity contribution in [3.8, 4) is 5.75 Å². The monoisotopic (exact) mass is 461 g/mol. The molecule has 0 bridgehead atoms. The number of carbonyl (C=O) groups excluding carboxylic acids is 3. The molecule has 4 rings (SSSR count). The number of nitrogens with one attached hydrogen (secondary N) is 3. The minimum Gasteiger partial charge on any atom is -0.481 e. The van der Waals surface area contributed by atoms with Crippen LogP contribution in [-0.4, -0.2) is 29.8 Å². The van der Waals surface area contributed by atoms with Gasteiger partial charge in [-0.3, -0.25) is 14.4 Å². The fourth-order valence-electron chi connectivity index (χ4n) is 3.74. The molecule has 0 spiro atoms. The van der Waals surface area contributed by atoms with E-state index in [1.54, 1.807) is 30.3 Å². The predicted molar refractivity (Wildman–Crippen MR) is 125 cm³/mol. The van der Waals surface area contributed by atoms with Crippen molar-refractivity contribution in [1.82, 2.24) is 10.6 Å². The van der Waals surface area contributed by atoms with E-state index in [-0.39, 0.29) is 6.42 Å². The van der Waals surface area contributed by atoms with Crippen LogP contribution < -0.4 is 20.7 Å². The summed E-state index contributed by atoms with van der Waals surface area (Å²) in [4.78, 5) is 38.4. The maximum Gasteiger partial charge on any atom is 0.251 e. The van der Waals surface area contributed by atoms with Gasteiger partial charge in [-0.15, -0.1) is 0 Å². The SMILES string of the molecule is C[C@H](NC(=O)Cc1cccc(F)c1)C(=O)NC1C(=O)Nc2ccccc2OC1c1ccccc1. The molecule has 0 fully saturated rings. The summed E-state index contributed by atoms with van der Waals surface area (Å²) >= 11 is 0. The molecule has 0 aliphatic carbocycles. The van der Waals surface area contributed by atoms with Crippen molar-refractivity contribution in [1.29, 1.82) is 0 Å². The number of ether oxygens (including phenoxy) is 1. The van der Waals surface area contributed by atoms with Crippen LogP contribution >= 0.6 is 0 Å². The van der Waals surface area contributed by atoms with Crippen LogP contribution in [0.15, 0.2) is 78.9 Å². The van der Waals surface area contributed by atoms with E-state index in [1.165, 1.54) is 25.1 Å². The van der Waals surface area contributed by atoms with Gasteiger partial charge < -0.3 is 20.7 Å². The molecule has 3 amide bonds. The lowest BCUT2D eigenvalue weighted by atomic mass is 10.0. The molecule has 34 heavy (non-hydrogen) atoms. The Morgan fingerprint density at radius 3 is 2.53 bits per heavy atom. The minimum absolute atomic E-state index is 0.0790. The van der Waals surface area contributed by atoms with Crippen LogP contribution in [0.1, 0.15) is 24.2 Å². The van der Waals surface area contributed by atoms with Crippen molar-refractivity contribution in [3.05, 3.63) is 95.8 Å². The van der Waals surface area contributed by atoms with Gasteiger partial charge in [0.15, 0.2) is 6.10 Å². The number of halogens is 1. The highest BCUT2D eigenvalue weighted by Crippen LogP contribution is 2.34. The van der Waals surface area contributed by atoms with Crippen LogP contribution in [0.4, 0.5) is 10.1 Å². The first-order valence-corrected chi connectivity index (χ1v) is 10.9. The van der Waals surface area contributed by atoms with Gasteiger partial charge in [0.05, 0.1) is 12.1 Å². The van der Waals surface area contributed by atoms with E-state index in [1.807, 2.05) is 30.3 Å². The fourth-order valence-corrected chi connectivity index (χ4v) is 3.74. The van der Waals surface area contributed by atoms with E-state index in [0.29, 0.717) is 22.6 Å². The lowest BCUT2D eigenvalue weighted by Gasteiger charge is -2.26. The van der Waals surface area contributed by atoms with E-state index >= 15 is 0 Å². The van der Waals surface area contributed by atoms with Crippen molar-refractivity contribution in [2.24, 2.45) is 0 Å². The first-order valence-electron chi connectivity index (χ1n) is 10.9. The zero-order valence-electron chi connectivity index (χ0n) is 18.5. The Kier molecular flexibility index (Phi) is 6.87. The van der Waals surface area contributed by atoms with Gasteiger partial charge in [0.2, 0.25) is 11.8 Å². The first kappa shape index (κ1) is 23.0. The number of rotatable bonds is 6. The quantitative estimate of drug-likeness (QED) is 0.526. The van der Waals surface area contributed by atoms with Gasteiger partial charge in [0, 0.05) is 0 Å². The number of para-hydroxylation sites is 2. The Balaban J connectivity index is 1.49. The zero-order chi connectivity index (χ0) is 24.1. The molecular formula is C26H24FN3O4. The fraction of sp³-hybridized carbons (Fsp3) is 0.192. The van der Waals surface area contributed by atoms with Crippen molar-refractivity contribution in [2.75, 3.05) is 5.32 Å². The zero-order valence-corrected chi connectivity index (χ0v) is 18.5. The number of fused-ring (bicyclic) bond motifs is 1. The molecule has 3 N–H and O–H groups in total. The standard InChI is InChI=1S/C26H24FN3O4/c1-16(28-22(31)15-17-8-7-11-19(27)14-17)25(32)30-23-24(18-9-3-2-4-10-18)34-21-13-6-5-12-20(21)29-26(23)33/h2-14,16,23-24H,15H2,1H3,(H,28,31)(H,29,33)(H,30,32)/t16-,23?,24?/m0/s1. The molecule has 0 saturated heterocycles. The largest absolute Gasteiger partial charge is 0.481 e. The highest BCUT2D eigenvalue weighted by molar-refractivity contribution is 6.00. The Hall–Kier alpha value is -4.20. The second kappa shape index (κ2) is 10.2. The molecule has 0 aromatic heterocycles. The summed E-state index contributed by atoms with van der Waals surface area (Å²) in [7, 11) is 0. The van der Waals surface area contributed by atoms with Crippen LogP contribution in [0.5, 0.6) is 5.75 Å². The van der Waals surface area contributed by atoms with Crippen LogP contribution in [0, 0.1) is 5.82 Å². The number of carbonyl (C=O) groups is 3. The topological polar surface area (TPSA) is 96.5 Å². The summed E-state index contributed by atoms with van der Waals surface area (Å²) < 4.78 is 19.5. The third-order valence-electron chi connectivity index (χ3n) is 5.43. The lowest BCUT2D eigenvalue weighted by molar-refractivity contribution is -0.131. The van der Waals surface area contributed by atoms with Crippen molar-refractivity contribution < 1.29 is 23.5 Å². The van der Waals surface area contributed by atoms with Gasteiger partial charge in [-0.2, -0.15) is 0 Å². The normalized spacial score (nSPS) is 17.9. The molecule has 0 radical (unpaired) electrons. The number of amides is 3. The van der Waals surface area contributed by atoms with Crippen LogP contribution in [0.25, 0.3) is 0 Å². The molecule has 3 aromatic rings. The number of benzene rings is 3. The van der Waals surface area contributed by atoms with Crippen molar-refractivity contribution >= 4 is 23.4 Å². The maximum absolute atomic E-state index is 13.4. The average Bonchev–Trinajstić information content (AvgIpc) is 2.95. The van der Waals surface area contributed by atoms with Crippen LogP contribution in [-0.2, 0) is 20.8 Å². The Labute approximate surface area is 196 Å². The van der Waals surface area contributed by atoms with Gasteiger partial charge >= 0.3 is 0 Å². The van der Waals surface area contributed by atoms with Gasteiger partial charge in [-0.25, -0.2) is 4.39 Å². The second-order valence-electron chi connectivity index (χ2n) is 8.02. The maximum atomic E-state index is 13.4. The summed E-state index contributed by atoms with van der Waals surface area (Å²) in [5.41, 5.74) is 1.70. The number of hydrogen-bond donors (Lipinski definition) is 3. The first-order chi connectivity index (χ1) is 16.4.